The molecule has 1 aromatic carbocycles. The molecule has 0 spiro atoms. The largest absolute Gasteiger partial charge is 0.481 e. The van der Waals surface area contributed by atoms with Crippen LogP contribution in [0.15, 0.2) is 30.3 Å². The van der Waals surface area contributed by atoms with Gasteiger partial charge in [0.05, 0.1) is 12.0 Å². The number of rotatable bonds is 9. The monoisotopic (exact) mass is 320 g/mol. The highest BCUT2D eigenvalue weighted by Crippen LogP contribution is 2.22. The molecular formula is C17H24N2O4. The van der Waals surface area contributed by atoms with Crippen LogP contribution >= 0.6 is 0 Å². The van der Waals surface area contributed by atoms with Crippen molar-refractivity contribution in [1.29, 1.82) is 0 Å². The Kier molecular flexibility index (Phi) is 7.80. The minimum absolute atomic E-state index is 0.0844. The highest BCUT2D eigenvalue weighted by Gasteiger charge is 2.26. The fourth-order valence-electron chi connectivity index (χ4n) is 2.24. The number of amides is 2. The molecule has 2 atom stereocenters. The molecule has 3 N–H and O–H groups in total. The first-order valence-corrected chi connectivity index (χ1v) is 7.79. The van der Waals surface area contributed by atoms with Gasteiger partial charge in [-0.1, -0.05) is 30.3 Å². The van der Waals surface area contributed by atoms with Crippen molar-refractivity contribution in [3.05, 3.63) is 35.9 Å². The van der Waals surface area contributed by atoms with E-state index >= 15 is 0 Å². The molecule has 1 rings (SSSR count). The summed E-state index contributed by atoms with van der Waals surface area (Å²) < 4.78 is 0. The number of aliphatic carboxylic acids is 1. The van der Waals surface area contributed by atoms with Crippen LogP contribution in [0.1, 0.15) is 44.7 Å². The number of carboxylic acid groups (broad SMARTS) is 1. The Morgan fingerprint density at radius 3 is 2.26 bits per heavy atom. The van der Waals surface area contributed by atoms with Gasteiger partial charge >= 0.3 is 5.97 Å². The van der Waals surface area contributed by atoms with Crippen LogP contribution in [0.2, 0.25) is 0 Å². The molecule has 0 fully saturated rings. The summed E-state index contributed by atoms with van der Waals surface area (Å²) in [5, 5.41) is 14.7. The van der Waals surface area contributed by atoms with E-state index in [2.05, 4.69) is 10.6 Å². The first-order valence-electron chi connectivity index (χ1n) is 7.79. The third-order valence-corrected chi connectivity index (χ3v) is 3.55. The minimum atomic E-state index is -0.971. The molecule has 0 aliphatic rings. The molecule has 0 saturated carbocycles. The molecule has 126 valence electrons. The average Bonchev–Trinajstić information content (AvgIpc) is 2.53. The molecule has 6 nitrogen and oxygen atoms in total. The van der Waals surface area contributed by atoms with E-state index in [1.54, 1.807) is 31.2 Å². The predicted molar refractivity (Wildman–Crippen MR) is 86.7 cm³/mol. The number of nitrogens with one attached hydrogen (secondary N) is 2. The topological polar surface area (TPSA) is 95.5 Å². The molecule has 2 amide bonds. The summed E-state index contributed by atoms with van der Waals surface area (Å²) in [5.74, 6) is -2.05. The third-order valence-electron chi connectivity index (χ3n) is 3.55. The molecule has 0 saturated heterocycles. The molecule has 0 radical (unpaired) electrons. The van der Waals surface area contributed by atoms with Crippen molar-refractivity contribution < 1.29 is 19.5 Å². The van der Waals surface area contributed by atoms with Crippen LogP contribution in [-0.2, 0) is 14.4 Å². The fraction of sp³-hybridized carbons (Fsp3) is 0.471. The first-order chi connectivity index (χ1) is 11.0. The summed E-state index contributed by atoms with van der Waals surface area (Å²) in [5.41, 5.74) is 0.750. The number of benzene rings is 1. The molecule has 0 bridgehead atoms. The average molecular weight is 320 g/mol. The minimum Gasteiger partial charge on any atom is -0.481 e. The summed E-state index contributed by atoms with van der Waals surface area (Å²) in [4.78, 5) is 34.7. The third kappa shape index (κ3) is 6.50. The Bertz CT molecular complexity index is 531. The lowest BCUT2D eigenvalue weighted by atomic mass is 9.94. The van der Waals surface area contributed by atoms with E-state index in [0.29, 0.717) is 13.0 Å². The SMILES string of the molecule is CCNC(=O)CCCC(=O)NC(c1ccccc1)C(C)C(=O)O. The lowest BCUT2D eigenvalue weighted by Crippen LogP contribution is -2.35. The number of hydrogen-bond acceptors (Lipinski definition) is 3. The van der Waals surface area contributed by atoms with E-state index in [1.165, 1.54) is 0 Å². The fourth-order valence-corrected chi connectivity index (χ4v) is 2.24. The van der Waals surface area contributed by atoms with Gasteiger partial charge in [-0.15, -0.1) is 0 Å². The zero-order chi connectivity index (χ0) is 17.2. The second kappa shape index (κ2) is 9.61. The Morgan fingerprint density at radius 2 is 1.70 bits per heavy atom. The number of carbonyl (C=O) groups excluding carboxylic acids is 2. The van der Waals surface area contributed by atoms with Gasteiger partial charge in [-0.3, -0.25) is 14.4 Å². The van der Waals surface area contributed by atoms with E-state index in [0.717, 1.165) is 5.56 Å². The van der Waals surface area contributed by atoms with Crippen LogP contribution in [0, 0.1) is 5.92 Å². The lowest BCUT2D eigenvalue weighted by molar-refractivity contribution is -0.142. The van der Waals surface area contributed by atoms with Gasteiger partial charge in [0.25, 0.3) is 0 Å². The van der Waals surface area contributed by atoms with Gasteiger partial charge < -0.3 is 15.7 Å². The summed E-state index contributed by atoms with van der Waals surface area (Å²) in [6, 6.07) is 8.43. The van der Waals surface area contributed by atoms with E-state index in [1.807, 2.05) is 13.0 Å². The predicted octanol–water partition coefficient (Wildman–Crippen LogP) is 1.87. The summed E-state index contributed by atoms with van der Waals surface area (Å²) >= 11 is 0. The Balaban J connectivity index is 2.61. The Hall–Kier alpha value is -2.37. The highest BCUT2D eigenvalue weighted by atomic mass is 16.4. The zero-order valence-corrected chi connectivity index (χ0v) is 13.5. The highest BCUT2D eigenvalue weighted by molar-refractivity contribution is 5.80. The van der Waals surface area contributed by atoms with Gasteiger partial charge in [-0.25, -0.2) is 0 Å². The maximum Gasteiger partial charge on any atom is 0.308 e. The van der Waals surface area contributed by atoms with Crippen molar-refractivity contribution in [2.75, 3.05) is 6.54 Å². The van der Waals surface area contributed by atoms with Gasteiger partial charge in [0.15, 0.2) is 0 Å². The first kappa shape index (κ1) is 18.7. The molecule has 1 aromatic rings. The molecular weight excluding hydrogens is 296 g/mol. The maximum atomic E-state index is 12.1. The molecule has 2 unspecified atom stereocenters. The smallest absolute Gasteiger partial charge is 0.308 e. The molecule has 0 aliphatic carbocycles. The van der Waals surface area contributed by atoms with Gasteiger partial charge in [0, 0.05) is 19.4 Å². The second-order valence-electron chi connectivity index (χ2n) is 5.39. The number of carbonyl (C=O) groups is 3. The van der Waals surface area contributed by atoms with Crippen molar-refractivity contribution in [3.8, 4) is 0 Å². The Morgan fingerprint density at radius 1 is 1.09 bits per heavy atom. The van der Waals surface area contributed by atoms with Crippen LogP contribution in [0.25, 0.3) is 0 Å². The van der Waals surface area contributed by atoms with Gasteiger partial charge in [-0.2, -0.15) is 0 Å². The zero-order valence-electron chi connectivity index (χ0n) is 13.5. The maximum absolute atomic E-state index is 12.1. The van der Waals surface area contributed by atoms with Crippen molar-refractivity contribution in [2.45, 2.75) is 39.2 Å². The van der Waals surface area contributed by atoms with E-state index in [9.17, 15) is 19.5 Å². The quantitative estimate of drug-likeness (QED) is 0.647. The summed E-state index contributed by atoms with van der Waals surface area (Å²) in [7, 11) is 0. The van der Waals surface area contributed by atoms with Crippen LogP contribution in [0.4, 0.5) is 0 Å². The lowest BCUT2D eigenvalue weighted by Gasteiger charge is -2.23. The van der Waals surface area contributed by atoms with Gasteiger partial charge in [0.2, 0.25) is 11.8 Å². The van der Waals surface area contributed by atoms with Crippen LogP contribution < -0.4 is 10.6 Å². The van der Waals surface area contributed by atoms with Crippen molar-refractivity contribution in [2.24, 2.45) is 5.92 Å². The van der Waals surface area contributed by atoms with Crippen molar-refractivity contribution >= 4 is 17.8 Å². The molecule has 0 heterocycles. The number of carboxylic acids is 1. The Labute approximate surface area is 136 Å². The van der Waals surface area contributed by atoms with Gasteiger partial charge in [0.1, 0.15) is 0 Å². The summed E-state index contributed by atoms with van der Waals surface area (Å²) in [6.45, 7) is 3.97. The molecule has 23 heavy (non-hydrogen) atoms. The van der Waals surface area contributed by atoms with Gasteiger partial charge in [-0.05, 0) is 25.8 Å². The van der Waals surface area contributed by atoms with Crippen LogP contribution in [0.5, 0.6) is 0 Å². The van der Waals surface area contributed by atoms with Crippen molar-refractivity contribution in [1.82, 2.24) is 10.6 Å². The standard InChI is InChI=1S/C17H24N2O4/c1-3-18-14(20)10-7-11-15(21)19-16(12(2)17(22)23)13-8-5-4-6-9-13/h4-6,8-9,12,16H,3,7,10-11H2,1-2H3,(H,18,20)(H,19,21)(H,22,23). The van der Waals surface area contributed by atoms with Crippen LogP contribution in [0.3, 0.4) is 0 Å². The summed E-state index contributed by atoms with van der Waals surface area (Å²) in [6.07, 6.45) is 0.902. The van der Waals surface area contributed by atoms with E-state index < -0.39 is 17.9 Å². The molecule has 6 heteroatoms. The second-order valence-corrected chi connectivity index (χ2v) is 5.39. The van der Waals surface area contributed by atoms with Crippen LogP contribution in [-0.4, -0.2) is 29.4 Å². The molecule has 0 aromatic heterocycles. The van der Waals surface area contributed by atoms with Crippen molar-refractivity contribution in [3.63, 3.8) is 0 Å². The molecule has 0 aliphatic heterocycles. The van der Waals surface area contributed by atoms with E-state index in [-0.39, 0.29) is 24.7 Å². The number of hydrogen-bond donors (Lipinski definition) is 3. The van der Waals surface area contributed by atoms with E-state index in [4.69, 9.17) is 0 Å². The normalized spacial score (nSPS) is 13.0.